The lowest BCUT2D eigenvalue weighted by atomic mass is 10.1. The van der Waals surface area contributed by atoms with Crippen molar-refractivity contribution >= 4 is 40.9 Å². The monoisotopic (exact) mass is 392 g/mol. The third kappa shape index (κ3) is 4.02. The first kappa shape index (κ1) is 18.7. The Hall–Kier alpha value is -2.05. The van der Waals surface area contributed by atoms with Crippen LogP contribution in [-0.2, 0) is 9.59 Å². The Morgan fingerprint density at radius 1 is 1.31 bits per heavy atom. The van der Waals surface area contributed by atoms with Crippen LogP contribution in [0.2, 0.25) is 5.02 Å². The van der Waals surface area contributed by atoms with Crippen molar-refractivity contribution in [2.45, 2.75) is 29.5 Å². The van der Waals surface area contributed by atoms with Crippen LogP contribution in [0.5, 0.6) is 0 Å². The maximum absolute atomic E-state index is 13.1. The summed E-state index contributed by atoms with van der Waals surface area (Å²) in [5.41, 5.74) is 1.51. The zero-order chi connectivity index (χ0) is 18.8. The average molecular weight is 393 g/mol. The summed E-state index contributed by atoms with van der Waals surface area (Å²) < 4.78 is 13.1. The third-order valence-corrected chi connectivity index (χ3v) is 5.96. The molecule has 2 aromatic carbocycles. The van der Waals surface area contributed by atoms with Gasteiger partial charge in [0.15, 0.2) is 0 Å². The molecule has 0 aliphatic carbocycles. The summed E-state index contributed by atoms with van der Waals surface area (Å²) in [5.74, 6) is -0.670. The van der Waals surface area contributed by atoms with E-state index in [1.165, 1.54) is 23.9 Å². The molecule has 1 N–H and O–H groups in total. The van der Waals surface area contributed by atoms with Crippen LogP contribution in [0.4, 0.5) is 10.1 Å². The molecule has 26 heavy (non-hydrogen) atoms. The van der Waals surface area contributed by atoms with Crippen molar-refractivity contribution in [3.8, 4) is 0 Å². The lowest BCUT2D eigenvalue weighted by Gasteiger charge is -2.29. The molecule has 2 unspecified atom stereocenters. The van der Waals surface area contributed by atoms with Crippen molar-refractivity contribution in [2.24, 2.45) is 0 Å². The zero-order valence-electron chi connectivity index (χ0n) is 14.3. The number of hydrogen-bond acceptors (Lipinski definition) is 3. The topological polar surface area (TPSA) is 49.4 Å². The van der Waals surface area contributed by atoms with Gasteiger partial charge in [-0.15, -0.1) is 11.8 Å². The number of fused-ring (bicyclic) bond motifs is 1. The number of anilines is 1. The quantitative estimate of drug-likeness (QED) is 0.833. The molecule has 136 valence electrons. The van der Waals surface area contributed by atoms with E-state index < -0.39 is 5.25 Å². The number of thioether (sulfide) groups is 1. The average Bonchev–Trinajstić information content (AvgIpc) is 2.62. The predicted octanol–water partition coefficient (Wildman–Crippen LogP) is 4.50. The van der Waals surface area contributed by atoms with E-state index in [9.17, 15) is 14.0 Å². The molecule has 0 fully saturated rings. The Balaban J connectivity index is 1.68. The standard InChI is InChI=1S/C19H18ClFN2O2S/c1-11(12-3-6-14(21)7-4-12)23(2)18(24)10-17-19(25)22-15-9-13(20)5-8-16(15)26-17/h3-9,11,17H,10H2,1-2H3,(H,22,25). The summed E-state index contributed by atoms with van der Waals surface area (Å²) in [4.78, 5) is 27.4. The summed E-state index contributed by atoms with van der Waals surface area (Å²) in [7, 11) is 1.69. The minimum absolute atomic E-state index is 0.0839. The number of rotatable bonds is 4. The largest absolute Gasteiger partial charge is 0.339 e. The number of nitrogens with zero attached hydrogens (tertiary/aromatic N) is 1. The molecule has 0 bridgehead atoms. The summed E-state index contributed by atoms with van der Waals surface area (Å²) in [5, 5.41) is 2.85. The molecule has 0 aromatic heterocycles. The van der Waals surface area contributed by atoms with Crippen molar-refractivity contribution in [1.82, 2.24) is 4.90 Å². The molecule has 1 aliphatic rings. The maximum atomic E-state index is 13.1. The Morgan fingerprint density at radius 2 is 2.00 bits per heavy atom. The first-order chi connectivity index (χ1) is 12.3. The van der Waals surface area contributed by atoms with Crippen LogP contribution < -0.4 is 5.32 Å². The molecule has 1 aliphatic heterocycles. The van der Waals surface area contributed by atoms with Gasteiger partial charge in [0, 0.05) is 23.4 Å². The SMILES string of the molecule is CC(c1ccc(F)cc1)N(C)C(=O)CC1Sc2ccc(Cl)cc2NC1=O. The fourth-order valence-corrected chi connectivity index (χ4v) is 3.99. The van der Waals surface area contributed by atoms with Crippen LogP contribution in [0, 0.1) is 5.82 Å². The molecule has 1 heterocycles. The summed E-state index contributed by atoms with van der Waals surface area (Å²) in [6, 6.07) is 11.1. The van der Waals surface area contributed by atoms with Gasteiger partial charge in [0.25, 0.3) is 0 Å². The second-order valence-electron chi connectivity index (χ2n) is 6.17. The van der Waals surface area contributed by atoms with Gasteiger partial charge in [0.1, 0.15) is 5.82 Å². The number of benzene rings is 2. The molecule has 0 saturated carbocycles. The van der Waals surface area contributed by atoms with Gasteiger partial charge in [0.05, 0.1) is 17.0 Å². The van der Waals surface area contributed by atoms with Crippen molar-refractivity contribution in [2.75, 3.05) is 12.4 Å². The molecule has 4 nitrogen and oxygen atoms in total. The molecule has 2 atom stereocenters. The molecule has 0 spiro atoms. The lowest BCUT2D eigenvalue weighted by Crippen LogP contribution is -2.36. The summed E-state index contributed by atoms with van der Waals surface area (Å²) >= 11 is 7.31. The summed E-state index contributed by atoms with van der Waals surface area (Å²) in [6.07, 6.45) is 0.0839. The van der Waals surface area contributed by atoms with Gasteiger partial charge < -0.3 is 10.2 Å². The van der Waals surface area contributed by atoms with E-state index in [-0.39, 0.29) is 30.1 Å². The van der Waals surface area contributed by atoms with Crippen LogP contribution >= 0.6 is 23.4 Å². The van der Waals surface area contributed by atoms with Crippen molar-refractivity contribution in [1.29, 1.82) is 0 Å². The highest BCUT2D eigenvalue weighted by Crippen LogP contribution is 2.38. The number of carbonyl (C=O) groups is 2. The Labute approximate surface area is 160 Å². The fraction of sp³-hybridized carbons (Fsp3) is 0.263. The molecule has 2 aromatic rings. The van der Waals surface area contributed by atoms with Crippen LogP contribution in [-0.4, -0.2) is 29.0 Å². The van der Waals surface area contributed by atoms with Gasteiger partial charge in [-0.3, -0.25) is 9.59 Å². The number of hydrogen-bond donors (Lipinski definition) is 1. The van der Waals surface area contributed by atoms with Crippen LogP contribution in [0.15, 0.2) is 47.4 Å². The Bertz CT molecular complexity index is 844. The number of carbonyl (C=O) groups excluding carboxylic acids is 2. The van der Waals surface area contributed by atoms with Crippen LogP contribution in [0.25, 0.3) is 0 Å². The smallest absolute Gasteiger partial charge is 0.238 e. The second kappa shape index (κ2) is 7.68. The second-order valence-corrected chi connectivity index (χ2v) is 7.85. The first-order valence-corrected chi connectivity index (χ1v) is 9.39. The predicted molar refractivity (Wildman–Crippen MR) is 102 cm³/mol. The van der Waals surface area contributed by atoms with Gasteiger partial charge in [0.2, 0.25) is 11.8 Å². The maximum Gasteiger partial charge on any atom is 0.238 e. The minimum atomic E-state index is -0.501. The van der Waals surface area contributed by atoms with Crippen LogP contribution in [0.1, 0.15) is 24.9 Å². The van der Waals surface area contributed by atoms with Gasteiger partial charge in [-0.25, -0.2) is 4.39 Å². The molecule has 2 amide bonds. The van der Waals surface area contributed by atoms with Gasteiger partial charge in [-0.1, -0.05) is 23.7 Å². The molecule has 0 saturated heterocycles. The number of amides is 2. The van der Waals surface area contributed by atoms with Gasteiger partial charge in [-0.2, -0.15) is 0 Å². The zero-order valence-corrected chi connectivity index (χ0v) is 15.9. The first-order valence-electron chi connectivity index (χ1n) is 8.13. The van der Waals surface area contributed by atoms with Gasteiger partial charge >= 0.3 is 0 Å². The fourth-order valence-electron chi connectivity index (χ4n) is 2.74. The van der Waals surface area contributed by atoms with E-state index in [4.69, 9.17) is 11.6 Å². The number of halogens is 2. The van der Waals surface area contributed by atoms with E-state index in [1.54, 1.807) is 36.2 Å². The van der Waals surface area contributed by atoms with E-state index in [2.05, 4.69) is 5.32 Å². The molecular weight excluding hydrogens is 375 g/mol. The lowest BCUT2D eigenvalue weighted by molar-refractivity contribution is -0.133. The normalized spacial score (nSPS) is 17.2. The van der Waals surface area contributed by atoms with Crippen molar-refractivity contribution < 1.29 is 14.0 Å². The molecular formula is C19H18ClFN2O2S. The third-order valence-electron chi connectivity index (χ3n) is 4.45. The molecule has 7 heteroatoms. The van der Waals surface area contributed by atoms with E-state index in [0.29, 0.717) is 10.7 Å². The molecule has 0 radical (unpaired) electrons. The van der Waals surface area contributed by atoms with E-state index in [0.717, 1.165) is 10.5 Å². The minimum Gasteiger partial charge on any atom is -0.339 e. The van der Waals surface area contributed by atoms with Gasteiger partial charge in [-0.05, 0) is 42.8 Å². The summed E-state index contributed by atoms with van der Waals surface area (Å²) in [6.45, 7) is 1.87. The highest BCUT2D eigenvalue weighted by Gasteiger charge is 2.31. The van der Waals surface area contributed by atoms with E-state index in [1.807, 2.05) is 13.0 Å². The van der Waals surface area contributed by atoms with Crippen LogP contribution in [0.3, 0.4) is 0 Å². The number of nitrogens with one attached hydrogen (secondary N) is 1. The highest BCUT2D eigenvalue weighted by molar-refractivity contribution is 8.01. The Kier molecular flexibility index (Phi) is 5.53. The Morgan fingerprint density at radius 3 is 2.69 bits per heavy atom. The highest BCUT2D eigenvalue weighted by atomic mass is 35.5. The van der Waals surface area contributed by atoms with Crippen molar-refractivity contribution in [3.63, 3.8) is 0 Å². The van der Waals surface area contributed by atoms with Crippen molar-refractivity contribution in [3.05, 3.63) is 58.9 Å². The van der Waals surface area contributed by atoms with E-state index >= 15 is 0 Å². The molecule has 3 rings (SSSR count).